The van der Waals surface area contributed by atoms with Crippen molar-refractivity contribution in [2.75, 3.05) is 0 Å². The Kier molecular flexibility index (Phi) is 5.72. The molecule has 10 heteroatoms. The number of halogens is 7. The Labute approximate surface area is 194 Å². The number of rotatable bonds is 3. The molecule has 0 atom stereocenters. The molecule has 176 valence electrons. The number of aromatic nitrogens is 1. The molecule has 3 nitrogen and oxygen atoms in total. The first-order chi connectivity index (χ1) is 15.9. The van der Waals surface area contributed by atoms with E-state index in [1.165, 1.54) is 36.4 Å². The smallest absolute Gasteiger partial charge is 0.431 e. The monoisotopic (exact) mass is 498 g/mol. The molecule has 0 aliphatic rings. The third-order valence-corrected chi connectivity index (χ3v) is 5.79. The lowest BCUT2D eigenvalue weighted by molar-refractivity contribution is -0.617. The quantitative estimate of drug-likeness (QED) is 0.137. The summed E-state index contributed by atoms with van der Waals surface area (Å²) in [7, 11) is 1.65. The lowest BCUT2D eigenvalue weighted by atomic mass is 9.91. The van der Waals surface area contributed by atoms with Crippen molar-refractivity contribution in [2.45, 2.75) is 18.0 Å². The number of alkyl halides is 6. The second kappa shape index (κ2) is 8.16. The molecule has 4 rings (SSSR count). The third-order valence-electron chi connectivity index (χ3n) is 5.55. The summed E-state index contributed by atoms with van der Waals surface area (Å²) >= 11 is 6.05. The summed E-state index contributed by atoms with van der Waals surface area (Å²) in [5.41, 5.74) is -5.85. The van der Waals surface area contributed by atoms with Crippen LogP contribution >= 0.6 is 11.6 Å². The highest BCUT2D eigenvalue weighted by Crippen LogP contribution is 2.53. The lowest BCUT2D eigenvalue weighted by Crippen LogP contribution is -2.57. The zero-order chi connectivity index (χ0) is 24.9. The number of pyridine rings is 1. The van der Waals surface area contributed by atoms with Crippen molar-refractivity contribution in [2.24, 2.45) is 7.05 Å². The fourth-order valence-electron chi connectivity index (χ4n) is 4.00. The maximum atomic E-state index is 14.2. The van der Waals surface area contributed by atoms with Gasteiger partial charge in [-0.15, -0.1) is 0 Å². The first-order valence-corrected chi connectivity index (χ1v) is 10.2. The number of benzene rings is 3. The Hall–Kier alpha value is -3.33. The van der Waals surface area contributed by atoms with E-state index < -0.39 is 35.0 Å². The van der Waals surface area contributed by atoms with Crippen molar-refractivity contribution >= 4 is 39.4 Å². The van der Waals surface area contributed by atoms with Gasteiger partial charge in [0.2, 0.25) is 11.0 Å². The Morgan fingerprint density at radius 1 is 0.794 bits per heavy atom. The van der Waals surface area contributed by atoms with Gasteiger partial charge in [-0.25, -0.2) is 4.79 Å². The molecule has 0 spiro atoms. The minimum atomic E-state index is -6.01. The standard InChI is InChI=1S/C24H15ClF6NO2/c1-32-18-10-6-5-9-16(18)20(17-13-15(25)11-12-19(17)32)21(33)34-22(23(26,27)28,24(29,30)31)14-7-3-2-4-8-14/h2-13H,1H3/q+1. The Morgan fingerprint density at radius 2 is 1.35 bits per heavy atom. The van der Waals surface area contributed by atoms with Gasteiger partial charge in [-0.05, 0) is 18.2 Å². The van der Waals surface area contributed by atoms with Gasteiger partial charge in [-0.2, -0.15) is 30.9 Å². The van der Waals surface area contributed by atoms with Crippen LogP contribution in [-0.4, -0.2) is 18.3 Å². The number of nitrogens with zero attached hydrogens (tertiary/aromatic N) is 1. The van der Waals surface area contributed by atoms with Crippen LogP contribution in [-0.2, 0) is 17.4 Å². The van der Waals surface area contributed by atoms with E-state index in [1.54, 1.807) is 23.7 Å². The highest BCUT2D eigenvalue weighted by atomic mass is 35.5. The van der Waals surface area contributed by atoms with E-state index in [-0.39, 0.29) is 15.8 Å². The summed E-state index contributed by atoms with van der Waals surface area (Å²) in [5, 5.41) is 0.291. The second-order valence-electron chi connectivity index (χ2n) is 7.54. The number of hydrogen-bond acceptors (Lipinski definition) is 2. The fourth-order valence-corrected chi connectivity index (χ4v) is 4.17. The minimum absolute atomic E-state index is 0.0463. The zero-order valence-corrected chi connectivity index (χ0v) is 18.1. The van der Waals surface area contributed by atoms with Gasteiger partial charge < -0.3 is 4.74 Å². The molecule has 0 fully saturated rings. The Morgan fingerprint density at radius 3 is 1.97 bits per heavy atom. The Bertz CT molecular complexity index is 1390. The largest absolute Gasteiger partial charge is 0.442 e. The van der Waals surface area contributed by atoms with Gasteiger partial charge in [0.25, 0.3) is 0 Å². The molecule has 0 N–H and O–H groups in total. The van der Waals surface area contributed by atoms with Crippen LogP contribution in [0.2, 0.25) is 5.02 Å². The number of hydrogen-bond donors (Lipinski definition) is 0. The molecule has 0 bridgehead atoms. The summed E-state index contributed by atoms with van der Waals surface area (Å²) in [6.07, 6.45) is -12.0. The fraction of sp³-hybridized carbons (Fsp3) is 0.167. The van der Waals surface area contributed by atoms with Gasteiger partial charge >= 0.3 is 23.9 Å². The maximum Gasteiger partial charge on any atom is 0.442 e. The van der Waals surface area contributed by atoms with E-state index in [9.17, 15) is 31.1 Å². The number of aryl methyl sites for hydroxylation is 1. The highest BCUT2D eigenvalue weighted by Gasteiger charge is 2.75. The molecule has 3 aromatic carbocycles. The molecule has 0 radical (unpaired) electrons. The van der Waals surface area contributed by atoms with Gasteiger partial charge in [0.15, 0.2) is 0 Å². The molecule has 0 saturated carbocycles. The topological polar surface area (TPSA) is 30.2 Å². The number of esters is 1. The second-order valence-corrected chi connectivity index (χ2v) is 7.98. The van der Waals surface area contributed by atoms with Crippen LogP contribution in [0.15, 0.2) is 72.8 Å². The average Bonchev–Trinajstić information content (AvgIpc) is 2.76. The van der Waals surface area contributed by atoms with E-state index in [2.05, 4.69) is 4.74 Å². The van der Waals surface area contributed by atoms with Crippen molar-refractivity contribution in [3.05, 3.63) is 88.9 Å². The molecule has 1 aromatic heterocycles. The van der Waals surface area contributed by atoms with Gasteiger partial charge in [0, 0.05) is 22.7 Å². The molecular weight excluding hydrogens is 484 g/mol. The van der Waals surface area contributed by atoms with Crippen molar-refractivity contribution < 1.29 is 40.4 Å². The maximum absolute atomic E-state index is 14.2. The molecule has 0 saturated heterocycles. The van der Waals surface area contributed by atoms with Crippen LogP contribution in [0.3, 0.4) is 0 Å². The molecule has 34 heavy (non-hydrogen) atoms. The van der Waals surface area contributed by atoms with Crippen LogP contribution in [0.4, 0.5) is 26.3 Å². The SMILES string of the molecule is C[n+]1c2ccccc2c(C(=O)OC(c2ccccc2)(C(F)(F)F)C(F)(F)F)c2cc(Cl)ccc21. The number of fused-ring (bicyclic) bond motifs is 2. The predicted octanol–water partition coefficient (Wildman–Crippen LogP) is 6.65. The predicted molar refractivity (Wildman–Crippen MR) is 113 cm³/mol. The normalized spacial score (nSPS) is 12.8. The van der Waals surface area contributed by atoms with Crippen molar-refractivity contribution in [1.82, 2.24) is 0 Å². The zero-order valence-electron chi connectivity index (χ0n) is 17.3. The van der Waals surface area contributed by atoms with Crippen LogP contribution in [0, 0.1) is 0 Å². The number of ether oxygens (including phenoxy) is 1. The van der Waals surface area contributed by atoms with E-state index >= 15 is 0 Å². The number of carbonyl (C=O) groups excluding carboxylic acids is 1. The van der Waals surface area contributed by atoms with Crippen molar-refractivity contribution in [3.8, 4) is 0 Å². The van der Waals surface area contributed by atoms with Crippen LogP contribution in [0.25, 0.3) is 21.8 Å². The molecule has 0 aliphatic carbocycles. The first kappa shape index (κ1) is 23.8. The molecular formula is C24H15ClF6NO2+. The van der Waals surface area contributed by atoms with Crippen LogP contribution in [0.5, 0.6) is 0 Å². The van der Waals surface area contributed by atoms with Gasteiger partial charge in [0.1, 0.15) is 7.05 Å². The summed E-state index contributed by atoms with van der Waals surface area (Å²) in [4.78, 5) is 13.3. The molecule has 4 aromatic rings. The van der Waals surface area contributed by atoms with E-state index in [0.29, 0.717) is 23.2 Å². The summed E-state index contributed by atoms with van der Waals surface area (Å²) in [6, 6.07) is 14.9. The van der Waals surface area contributed by atoms with Crippen molar-refractivity contribution in [3.63, 3.8) is 0 Å². The summed E-state index contributed by atoms with van der Waals surface area (Å²) < 4.78 is 91.1. The van der Waals surface area contributed by atoms with Gasteiger partial charge in [-0.3, -0.25) is 0 Å². The van der Waals surface area contributed by atoms with Gasteiger partial charge in [0.05, 0.1) is 16.3 Å². The third kappa shape index (κ3) is 3.64. The highest BCUT2D eigenvalue weighted by molar-refractivity contribution is 6.31. The molecule has 0 unspecified atom stereocenters. The Balaban J connectivity index is 2.04. The van der Waals surface area contributed by atoms with Gasteiger partial charge in [-0.1, -0.05) is 54.1 Å². The number of carbonyl (C=O) groups is 1. The molecule has 0 aliphatic heterocycles. The average molecular weight is 499 g/mol. The first-order valence-electron chi connectivity index (χ1n) is 9.81. The van der Waals surface area contributed by atoms with E-state index in [1.807, 2.05) is 0 Å². The number of para-hydroxylation sites is 1. The lowest BCUT2D eigenvalue weighted by Gasteiger charge is -2.36. The molecule has 0 amide bonds. The minimum Gasteiger partial charge on any atom is -0.431 e. The van der Waals surface area contributed by atoms with Crippen LogP contribution in [0.1, 0.15) is 15.9 Å². The van der Waals surface area contributed by atoms with Crippen molar-refractivity contribution in [1.29, 1.82) is 0 Å². The molecule has 1 heterocycles. The summed E-state index contributed by atoms with van der Waals surface area (Å²) in [5.74, 6) is -1.79. The van der Waals surface area contributed by atoms with E-state index in [4.69, 9.17) is 11.6 Å². The summed E-state index contributed by atoms with van der Waals surface area (Å²) in [6.45, 7) is 0. The van der Waals surface area contributed by atoms with E-state index in [0.717, 1.165) is 12.1 Å². The van der Waals surface area contributed by atoms with Crippen LogP contribution < -0.4 is 4.57 Å².